The van der Waals surface area contributed by atoms with Crippen LogP contribution in [0.25, 0.3) is 11.3 Å². The highest BCUT2D eigenvalue weighted by Crippen LogP contribution is 2.15. The summed E-state index contributed by atoms with van der Waals surface area (Å²) in [6.45, 7) is 0.292. The van der Waals surface area contributed by atoms with Crippen LogP contribution >= 0.6 is 0 Å². The summed E-state index contributed by atoms with van der Waals surface area (Å²) in [5.74, 6) is -1.90. The van der Waals surface area contributed by atoms with Gasteiger partial charge in [0.25, 0.3) is 0 Å². The summed E-state index contributed by atoms with van der Waals surface area (Å²) < 4.78 is 54.3. The fourth-order valence-electron chi connectivity index (χ4n) is 2.22. The second kappa shape index (κ2) is 7.08. The number of nitrogens with one attached hydrogen (secondary N) is 1. The average molecular weight is 364 g/mol. The Morgan fingerprint density at radius 1 is 1.04 bits per heavy atom. The molecule has 0 aliphatic carbocycles. The highest BCUT2D eigenvalue weighted by atomic mass is 32.2. The van der Waals surface area contributed by atoms with Gasteiger partial charge in [0.05, 0.1) is 17.1 Å². The SMILES string of the molecule is O=S(=O)(NCCn1ccc(-c2ccncc2)n1)c1cc(F)cc(F)c1. The van der Waals surface area contributed by atoms with Crippen LogP contribution in [-0.2, 0) is 16.6 Å². The number of aromatic nitrogens is 3. The lowest BCUT2D eigenvalue weighted by molar-refractivity contribution is 0.551. The minimum atomic E-state index is -4.00. The van der Waals surface area contributed by atoms with Gasteiger partial charge in [-0.3, -0.25) is 9.67 Å². The van der Waals surface area contributed by atoms with Crippen molar-refractivity contribution in [3.63, 3.8) is 0 Å². The van der Waals surface area contributed by atoms with Crippen molar-refractivity contribution in [1.29, 1.82) is 0 Å². The van der Waals surface area contributed by atoms with Gasteiger partial charge in [0.2, 0.25) is 10.0 Å². The molecule has 0 saturated heterocycles. The van der Waals surface area contributed by atoms with E-state index in [0.29, 0.717) is 6.07 Å². The summed E-state index contributed by atoms with van der Waals surface area (Å²) in [5.41, 5.74) is 1.63. The third-order valence-corrected chi connectivity index (χ3v) is 4.84. The zero-order valence-electron chi connectivity index (χ0n) is 12.9. The maximum Gasteiger partial charge on any atom is 0.240 e. The largest absolute Gasteiger partial charge is 0.271 e. The summed E-state index contributed by atoms with van der Waals surface area (Å²) >= 11 is 0. The van der Waals surface area contributed by atoms with Crippen molar-refractivity contribution in [2.75, 3.05) is 6.54 Å². The minimum absolute atomic E-state index is 0.0257. The van der Waals surface area contributed by atoms with Crippen molar-refractivity contribution < 1.29 is 17.2 Å². The van der Waals surface area contributed by atoms with Crippen molar-refractivity contribution in [3.8, 4) is 11.3 Å². The maximum absolute atomic E-state index is 13.2. The fraction of sp³-hybridized carbons (Fsp3) is 0.125. The third kappa shape index (κ3) is 4.25. The van der Waals surface area contributed by atoms with Gasteiger partial charge < -0.3 is 0 Å². The Bertz CT molecular complexity index is 955. The molecule has 3 rings (SSSR count). The van der Waals surface area contributed by atoms with Crippen LogP contribution < -0.4 is 4.72 Å². The van der Waals surface area contributed by atoms with Crippen LogP contribution in [0.5, 0.6) is 0 Å². The molecule has 0 fully saturated rings. The van der Waals surface area contributed by atoms with E-state index in [1.807, 2.05) is 12.1 Å². The van der Waals surface area contributed by atoms with Gasteiger partial charge in [-0.2, -0.15) is 5.10 Å². The molecule has 0 spiro atoms. The van der Waals surface area contributed by atoms with Crippen LogP contribution in [0.15, 0.2) is 59.9 Å². The summed E-state index contributed by atoms with van der Waals surface area (Å²) in [4.78, 5) is 3.48. The second-order valence-corrected chi connectivity index (χ2v) is 6.97. The van der Waals surface area contributed by atoms with E-state index in [4.69, 9.17) is 0 Å². The van der Waals surface area contributed by atoms with Gasteiger partial charge in [-0.05, 0) is 30.3 Å². The van der Waals surface area contributed by atoms with E-state index in [1.165, 1.54) is 0 Å². The van der Waals surface area contributed by atoms with Crippen LogP contribution in [-0.4, -0.2) is 29.7 Å². The number of halogens is 2. The Balaban J connectivity index is 1.64. The van der Waals surface area contributed by atoms with E-state index < -0.39 is 26.6 Å². The average Bonchev–Trinajstić information content (AvgIpc) is 3.03. The molecule has 0 atom stereocenters. The fourth-order valence-corrected chi connectivity index (χ4v) is 3.29. The van der Waals surface area contributed by atoms with E-state index in [-0.39, 0.29) is 13.1 Å². The van der Waals surface area contributed by atoms with Gasteiger partial charge in [0.15, 0.2) is 0 Å². The standard InChI is InChI=1S/C16H14F2N4O2S/c17-13-9-14(18)11-15(10-13)25(23,24)20-6-8-22-7-3-16(21-22)12-1-4-19-5-2-12/h1-5,7,9-11,20H,6,8H2. The Labute approximate surface area is 143 Å². The van der Waals surface area contributed by atoms with Crippen molar-refractivity contribution in [2.45, 2.75) is 11.4 Å². The lowest BCUT2D eigenvalue weighted by Crippen LogP contribution is -2.27. The quantitative estimate of drug-likeness (QED) is 0.727. The molecule has 0 unspecified atom stereocenters. The van der Waals surface area contributed by atoms with E-state index in [9.17, 15) is 17.2 Å². The van der Waals surface area contributed by atoms with Gasteiger partial charge in [0, 0.05) is 36.8 Å². The first-order valence-corrected chi connectivity index (χ1v) is 8.82. The van der Waals surface area contributed by atoms with E-state index in [0.717, 1.165) is 23.4 Å². The number of hydrogen-bond acceptors (Lipinski definition) is 4. The topological polar surface area (TPSA) is 76.9 Å². The molecule has 1 N–H and O–H groups in total. The molecule has 0 bridgehead atoms. The maximum atomic E-state index is 13.2. The summed E-state index contributed by atoms with van der Waals surface area (Å²) in [6, 6.07) is 7.57. The van der Waals surface area contributed by atoms with Crippen LogP contribution in [0.1, 0.15) is 0 Å². The Morgan fingerprint density at radius 2 is 1.72 bits per heavy atom. The molecule has 0 aliphatic heterocycles. The first kappa shape index (κ1) is 17.2. The predicted octanol–water partition coefficient (Wildman–Crippen LogP) is 2.20. The summed E-state index contributed by atoms with van der Waals surface area (Å²) in [5, 5.41) is 4.34. The first-order chi connectivity index (χ1) is 11.9. The molecular formula is C16H14F2N4O2S. The Morgan fingerprint density at radius 3 is 2.40 bits per heavy atom. The molecule has 0 aliphatic rings. The second-order valence-electron chi connectivity index (χ2n) is 5.20. The number of nitrogens with zero attached hydrogens (tertiary/aromatic N) is 3. The van der Waals surface area contributed by atoms with E-state index in [2.05, 4.69) is 14.8 Å². The van der Waals surface area contributed by atoms with Gasteiger partial charge in [-0.25, -0.2) is 21.9 Å². The van der Waals surface area contributed by atoms with Gasteiger partial charge in [-0.1, -0.05) is 0 Å². The van der Waals surface area contributed by atoms with Crippen LogP contribution in [0.3, 0.4) is 0 Å². The highest BCUT2D eigenvalue weighted by molar-refractivity contribution is 7.89. The molecular weight excluding hydrogens is 350 g/mol. The highest BCUT2D eigenvalue weighted by Gasteiger charge is 2.16. The molecule has 0 radical (unpaired) electrons. The first-order valence-electron chi connectivity index (χ1n) is 7.34. The molecule has 1 aromatic carbocycles. The smallest absolute Gasteiger partial charge is 0.240 e. The zero-order chi connectivity index (χ0) is 17.9. The molecule has 6 nitrogen and oxygen atoms in total. The van der Waals surface area contributed by atoms with Crippen molar-refractivity contribution in [3.05, 3.63) is 66.6 Å². The van der Waals surface area contributed by atoms with Crippen molar-refractivity contribution >= 4 is 10.0 Å². The lowest BCUT2D eigenvalue weighted by atomic mass is 10.2. The number of benzene rings is 1. The van der Waals surface area contributed by atoms with E-state index >= 15 is 0 Å². The van der Waals surface area contributed by atoms with Crippen molar-refractivity contribution in [2.24, 2.45) is 0 Å². The number of rotatable bonds is 6. The van der Waals surface area contributed by atoms with Gasteiger partial charge in [-0.15, -0.1) is 0 Å². The van der Waals surface area contributed by atoms with Crippen LogP contribution in [0.4, 0.5) is 8.78 Å². The molecule has 2 aromatic heterocycles. The number of sulfonamides is 1. The number of pyridine rings is 1. The minimum Gasteiger partial charge on any atom is -0.271 e. The Hall–Kier alpha value is -2.65. The lowest BCUT2D eigenvalue weighted by Gasteiger charge is -2.07. The molecule has 0 saturated carbocycles. The normalized spacial score (nSPS) is 11.6. The van der Waals surface area contributed by atoms with E-state index in [1.54, 1.807) is 29.3 Å². The van der Waals surface area contributed by atoms with Gasteiger partial charge >= 0.3 is 0 Å². The van der Waals surface area contributed by atoms with Crippen LogP contribution in [0, 0.1) is 11.6 Å². The van der Waals surface area contributed by atoms with Gasteiger partial charge in [0.1, 0.15) is 11.6 Å². The van der Waals surface area contributed by atoms with Crippen molar-refractivity contribution in [1.82, 2.24) is 19.5 Å². The predicted molar refractivity (Wildman–Crippen MR) is 87.0 cm³/mol. The summed E-state index contributed by atoms with van der Waals surface area (Å²) in [7, 11) is -4.00. The third-order valence-electron chi connectivity index (χ3n) is 3.40. The number of hydrogen-bond donors (Lipinski definition) is 1. The molecule has 130 valence electrons. The summed E-state index contributed by atoms with van der Waals surface area (Å²) in [6.07, 6.45) is 5.02. The molecule has 9 heteroatoms. The van der Waals surface area contributed by atoms with Crippen LogP contribution in [0.2, 0.25) is 0 Å². The molecule has 0 amide bonds. The molecule has 3 aromatic rings. The monoisotopic (exact) mass is 364 g/mol. The zero-order valence-corrected chi connectivity index (χ0v) is 13.7. The Kier molecular flexibility index (Phi) is 4.86. The molecule has 25 heavy (non-hydrogen) atoms. The molecule has 2 heterocycles.